The highest BCUT2D eigenvalue weighted by Crippen LogP contribution is 2.16. The highest BCUT2D eigenvalue weighted by molar-refractivity contribution is 6.07. The SMILES string of the molecule is N#CCOc1ccc(/C=C/C(=O)Nc2ccccc2C(=O)NCCc2ccccc2)cc1. The third kappa shape index (κ3) is 6.85. The Morgan fingerprint density at radius 3 is 2.41 bits per heavy atom. The van der Waals surface area contributed by atoms with E-state index in [1.807, 2.05) is 36.4 Å². The van der Waals surface area contributed by atoms with E-state index in [-0.39, 0.29) is 18.4 Å². The molecule has 0 unspecified atom stereocenters. The third-order valence-corrected chi connectivity index (χ3v) is 4.58. The summed E-state index contributed by atoms with van der Waals surface area (Å²) >= 11 is 0. The second kappa shape index (κ2) is 11.7. The van der Waals surface area contributed by atoms with Crippen molar-refractivity contribution < 1.29 is 14.3 Å². The van der Waals surface area contributed by atoms with Crippen molar-refractivity contribution in [2.24, 2.45) is 0 Å². The molecule has 0 aliphatic rings. The first-order valence-corrected chi connectivity index (χ1v) is 10.2. The van der Waals surface area contributed by atoms with E-state index in [1.165, 1.54) is 6.08 Å². The highest BCUT2D eigenvalue weighted by atomic mass is 16.5. The molecule has 0 aromatic heterocycles. The Balaban J connectivity index is 1.56. The van der Waals surface area contributed by atoms with Crippen molar-refractivity contribution in [2.75, 3.05) is 18.5 Å². The molecule has 0 heterocycles. The Kier molecular flexibility index (Phi) is 8.18. The molecule has 3 aromatic carbocycles. The number of rotatable bonds is 9. The van der Waals surface area contributed by atoms with E-state index < -0.39 is 0 Å². The van der Waals surface area contributed by atoms with Crippen LogP contribution in [-0.4, -0.2) is 25.0 Å². The topological polar surface area (TPSA) is 91.2 Å². The van der Waals surface area contributed by atoms with Crippen LogP contribution in [0, 0.1) is 11.3 Å². The largest absolute Gasteiger partial charge is 0.479 e. The minimum absolute atomic E-state index is 0.0170. The number of nitriles is 1. The number of ether oxygens (including phenoxy) is 1. The Bertz CT molecular complexity index is 1120. The van der Waals surface area contributed by atoms with Gasteiger partial charge in [0.1, 0.15) is 11.8 Å². The molecule has 0 atom stereocenters. The van der Waals surface area contributed by atoms with Crippen molar-refractivity contribution in [3.05, 3.63) is 102 Å². The van der Waals surface area contributed by atoms with E-state index >= 15 is 0 Å². The van der Waals surface area contributed by atoms with Crippen LogP contribution in [-0.2, 0) is 11.2 Å². The minimum Gasteiger partial charge on any atom is -0.479 e. The fourth-order valence-electron chi connectivity index (χ4n) is 2.99. The van der Waals surface area contributed by atoms with Crippen molar-refractivity contribution in [3.63, 3.8) is 0 Å². The third-order valence-electron chi connectivity index (χ3n) is 4.58. The summed E-state index contributed by atoms with van der Waals surface area (Å²) in [6.07, 6.45) is 3.78. The zero-order chi connectivity index (χ0) is 22.6. The Morgan fingerprint density at radius 2 is 1.66 bits per heavy atom. The normalized spacial score (nSPS) is 10.3. The quantitative estimate of drug-likeness (QED) is 0.503. The van der Waals surface area contributed by atoms with E-state index in [0.717, 1.165) is 17.5 Å². The van der Waals surface area contributed by atoms with Crippen LogP contribution in [0.3, 0.4) is 0 Å². The minimum atomic E-state index is -0.348. The van der Waals surface area contributed by atoms with Gasteiger partial charge in [0.2, 0.25) is 5.91 Å². The molecule has 0 radical (unpaired) electrons. The zero-order valence-electron chi connectivity index (χ0n) is 17.5. The molecule has 32 heavy (non-hydrogen) atoms. The summed E-state index contributed by atoms with van der Waals surface area (Å²) in [5.41, 5.74) is 2.79. The van der Waals surface area contributed by atoms with E-state index in [0.29, 0.717) is 23.5 Å². The molecule has 0 saturated heterocycles. The summed E-state index contributed by atoms with van der Waals surface area (Å²) in [4.78, 5) is 25.0. The van der Waals surface area contributed by atoms with Crippen molar-refractivity contribution in [1.82, 2.24) is 5.32 Å². The lowest BCUT2D eigenvalue weighted by Gasteiger charge is -2.10. The van der Waals surface area contributed by atoms with Crippen LogP contribution in [0.4, 0.5) is 5.69 Å². The number of hydrogen-bond donors (Lipinski definition) is 2. The number of para-hydroxylation sites is 1. The summed E-state index contributed by atoms with van der Waals surface area (Å²) < 4.78 is 5.20. The average molecular weight is 425 g/mol. The molecular weight excluding hydrogens is 402 g/mol. The number of hydrogen-bond acceptors (Lipinski definition) is 4. The van der Waals surface area contributed by atoms with E-state index in [9.17, 15) is 9.59 Å². The molecule has 2 amide bonds. The van der Waals surface area contributed by atoms with Crippen molar-refractivity contribution >= 4 is 23.6 Å². The van der Waals surface area contributed by atoms with Gasteiger partial charge in [-0.2, -0.15) is 5.26 Å². The molecule has 0 saturated carbocycles. The second-order valence-electron chi connectivity index (χ2n) is 6.88. The summed E-state index contributed by atoms with van der Waals surface area (Å²) in [5.74, 6) is -0.00605. The van der Waals surface area contributed by atoms with Gasteiger partial charge in [-0.3, -0.25) is 9.59 Å². The predicted molar refractivity (Wildman–Crippen MR) is 124 cm³/mol. The Morgan fingerprint density at radius 1 is 0.938 bits per heavy atom. The second-order valence-corrected chi connectivity index (χ2v) is 6.88. The molecule has 3 rings (SSSR count). The predicted octanol–water partition coefficient (Wildman–Crippen LogP) is 4.21. The maximum absolute atomic E-state index is 12.6. The number of amides is 2. The molecule has 3 aromatic rings. The maximum atomic E-state index is 12.6. The van der Waals surface area contributed by atoms with Crippen molar-refractivity contribution in [1.29, 1.82) is 5.26 Å². The van der Waals surface area contributed by atoms with Gasteiger partial charge in [0, 0.05) is 12.6 Å². The van der Waals surface area contributed by atoms with Gasteiger partial charge in [0.15, 0.2) is 6.61 Å². The van der Waals surface area contributed by atoms with Crippen LogP contribution in [0.1, 0.15) is 21.5 Å². The average Bonchev–Trinajstić information content (AvgIpc) is 2.83. The summed E-state index contributed by atoms with van der Waals surface area (Å²) in [7, 11) is 0. The lowest BCUT2D eigenvalue weighted by atomic mass is 10.1. The van der Waals surface area contributed by atoms with E-state index in [4.69, 9.17) is 10.00 Å². The van der Waals surface area contributed by atoms with Crippen LogP contribution in [0.2, 0.25) is 0 Å². The van der Waals surface area contributed by atoms with Crippen molar-refractivity contribution in [2.45, 2.75) is 6.42 Å². The van der Waals surface area contributed by atoms with Gasteiger partial charge < -0.3 is 15.4 Å². The maximum Gasteiger partial charge on any atom is 0.253 e. The summed E-state index contributed by atoms with van der Waals surface area (Å²) in [6, 6.07) is 25.7. The van der Waals surface area contributed by atoms with Gasteiger partial charge in [-0.15, -0.1) is 0 Å². The highest BCUT2D eigenvalue weighted by Gasteiger charge is 2.11. The first kappa shape index (κ1) is 22.3. The molecule has 160 valence electrons. The van der Waals surface area contributed by atoms with Crippen LogP contribution in [0.15, 0.2) is 84.9 Å². The van der Waals surface area contributed by atoms with Gasteiger partial charge in [0.05, 0.1) is 11.3 Å². The Hall–Kier alpha value is -4.37. The van der Waals surface area contributed by atoms with Gasteiger partial charge in [-0.1, -0.05) is 54.6 Å². The number of nitrogens with one attached hydrogen (secondary N) is 2. The van der Waals surface area contributed by atoms with Gasteiger partial charge >= 0.3 is 0 Å². The molecule has 0 aliphatic heterocycles. The van der Waals surface area contributed by atoms with Crippen LogP contribution in [0.5, 0.6) is 5.75 Å². The number of carbonyl (C=O) groups excluding carboxylic acids is 2. The standard InChI is InChI=1S/C26H23N3O3/c27-17-19-32-22-13-10-21(11-14-22)12-15-25(30)29-24-9-5-4-8-23(24)26(31)28-18-16-20-6-2-1-3-7-20/h1-15H,16,18-19H2,(H,28,31)(H,29,30)/b15-12+. The number of anilines is 1. The van der Waals surface area contributed by atoms with Crippen LogP contribution >= 0.6 is 0 Å². The fraction of sp³-hybridized carbons (Fsp3) is 0.115. The molecule has 6 heteroatoms. The lowest BCUT2D eigenvalue weighted by Crippen LogP contribution is -2.27. The molecule has 0 fully saturated rings. The number of carbonyl (C=O) groups is 2. The van der Waals surface area contributed by atoms with Gasteiger partial charge in [-0.25, -0.2) is 0 Å². The van der Waals surface area contributed by atoms with E-state index in [2.05, 4.69) is 10.6 Å². The smallest absolute Gasteiger partial charge is 0.253 e. The van der Waals surface area contributed by atoms with Gasteiger partial charge in [0.25, 0.3) is 5.91 Å². The first-order valence-electron chi connectivity index (χ1n) is 10.2. The zero-order valence-corrected chi connectivity index (χ0v) is 17.5. The Labute approximate surface area is 187 Å². The van der Waals surface area contributed by atoms with Crippen LogP contribution < -0.4 is 15.4 Å². The molecule has 0 bridgehead atoms. The van der Waals surface area contributed by atoms with Gasteiger partial charge in [-0.05, 0) is 47.9 Å². The molecule has 2 N–H and O–H groups in total. The number of benzene rings is 3. The monoisotopic (exact) mass is 425 g/mol. The summed E-state index contributed by atoms with van der Waals surface area (Å²) in [5, 5.41) is 14.2. The molecular formula is C26H23N3O3. The summed E-state index contributed by atoms with van der Waals surface area (Å²) in [6.45, 7) is 0.482. The molecule has 6 nitrogen and oxygen atoms in total. The van der Waals surface area contributed by atoms with Crippen LogP contribution in [0.25, 0.3) is 6.08 Å². The van der Waals surface area contributed by atoms with E-state index in [1.54, 1.807) is 54.6 Å². The lowest BCUT2D eigenvalue weighted by molar-refractivity contribution is -0.111. The first-order chi connectivity index (χ1) is 15.7. The molecule has 0 aliphatic carbocycles. The number of nitrogens with zero attached hydrogens (tertiary/aromatic N) is 1. The fourth-order valence-corrected chi connectivity index (χ4v) is 2.99. The molecule has 0 spiro atoms. The van der Waals surface area contributed by atoms with Crippen molar-refractivity contribution in [3.8, 4) is 11.8 Å².